The van der Waals surface area contributed by atoms with Gasteiger partial charge >= 0.3 is 6.18 Å². The van der Waals surface area contributed by atoms with E-state index in [1.807, 2.05) is 6.92 Å². The van der Waals surface area contributed by atoms with Crippen LogP contribution in [-0.2, 0) is 4.74 Å². The van der Waals surface area contributed by atoms with Crippen molar-refractivity contribution in [3.8, 4) is 0 Å². The highest BCUT2D eigenvalue weighted by Gasteiger charge is 2.26. The molecule has 2 unspecified atom stereocenters. The Morgan fingerprint density at radius 3 is 2.69 bits per heavy atom. The van der Waals surface area contributed by atoms with Crippen LogP contribution < -0.4 is 5.32 Å². The maximum absolute atomic E-state index is 11.9. The van der Waals surface area contributed by atoms with Crippen molar-refractivity contribution in [3.63, 3.8) is 0 Å². The van der Waals surface area contributed by atoms with Crippen LogP contribution in [0.1, 0.15) is 39.0 Å². The number of hydrogen-bond donors (Lipinski definition) is 1. The number of halogens is 3. The van der Waals surface area contributed by atoms with Crippen LogP contribution in [-0.4, -0.2) is 31.5 Å². The first-order valence-corrected chi connectivity index (χ1v) is 5.89. The molecule has 0 aromatic heterocycles. The van der Waals surface area contributed by atoms with Gasteiger partial charge in [0.05, 0.1) is 6.10 Å². The molecule has 1 saturated heterocycles. The number of hydrogen-bond acceptors (Lipinski definition) is 2. The third-order valence-corrected chi connectivity index (χ3v) is 2.81. The van der Waals surface area contributed by atoms with Crippen LogP contribution in [0.2, 0.25) is 0 Å². The van der Waals surface area contributed by atoms with E-state index in [0.29, 0.717) is 19.0 Å². The van der Waals surface area contributed by atoms with Gasteiger partial charge in [-0.2, -0.15) is 13.2 Å². The Hall–Kier alpha value is -0.290. The summed E-state index contributed by atoms with van der Waals surface area (Å²) < 4.78 is 40.9. The lowest BCUT2D eigenvalue weighted by Gasteiger charge is -2.28. The second-order valence-corrected chi connectivity index (χ2v) is 4.43. The highest BCUT2D eigenvalue weighted by atomic mass is 19.4. The smallest absolute Gasteiger partial charge is 0.378 e. The number of rotatable bonds is 5. The first-order valence-electron chi connectivity index (χ1n) is 5.89. The molecule has 0 radical (unpaired) electrons. The second kappa shape index (κ2) is 6.45. The molecule has 1 heterocycles. The molecule has 1 fully saturated rings. The highest BCUT2D eigenvalue weighted by Crippen LogP contribution is 2.22. The van der Waals surface area contributed by atoms with Crippen molar-refractivity contribution < 1.29 is 17.9 Å². The van der Waals surface area contributed by atoms with Crippen molar-refractivity contribution in [1.29, 1.82) is 0 Å². The summed E-state index contributed by atoms with van der Waals surface area (Å²) in [6.45, 7) is 3.45. The van der Waals surface area contributed by atoms with E-state index in [1.165, 1.54) is 0 Å². The molecular weight excluding hydrogens is 219 g/mol. The predicted molar refractivity (Wildman–Crippen MR) is 56.3 cm³/mol. The van der Waals surface area contributed by atoms with Gasteiger partial charge in [0, 0.05) is 19.1 Å². The molecule has 1 rings (SSSR count). The van der Waals surface area contributed by atoms with E-state index in [9.17, 15) is 13.2 Å². The number of alkyl halides is 3. The van der Waals surface area contributed by atoms with E-state index in [2.05, 4.69) is 5.32 Å². The van der Waals surface area contributed by atoms with Crippen LogP contribution in [0.5, 0.6) is 0 Å². The normalized spacial score (nSPS) is 27.0. The lowest BCUT2D eigenvalue weighted by atomic mass is 10.0. The van der Waals surface area contributed by atoms with Gasteiger partial charge in [-0.25, -0.2) is 0 Å². The van der Waals surface area contributed by atoms with Gasteiger partial charge < -0.3 is 10.1 Å². The number of nitrogens with one attached hydrogen (secondary N) is 1. The van der Waals surface area contributed by atoms with Crippen LogP contribution in [0.15, 0.2) is 0 Å². The van der Waals surface area contributed by atoms with Gasteiger partial charge in [0.2, 0.25) is 0 Å². The van der Waals surface area contributed by atoms with E-state index in [4.69, 9.17) is 4.74 Å². The molecule has 0 saturated carbocycles. The van der Waals surface area contributed by atoms with Gasteiger partial charge in [-0.15, -0.1) is 0 Å². The average Bonchev–Trinajstić information content (AvgIpc) is 2.15. The van der Waals surface area contributed by atoms with Crippen LogP contribution in [0.25, 0.3) is 0 Å². The Bertz CT molecular complexity index is 196. The molecule has 0 bridgehead atoms. The van der Waals surface area contributed by atoms with E-state index < -0.39 is 12.6 Å². The Kier molecular flexibility index (Phi) is 5.55. The summed E-state index contributed by atoms with van der Waals surface area (Å²) in [6.07, 6.45) is -1.68. The van der Waals surface area contributed by atoms with E-state index >= 15 is 0 Å². The van der Waals surface area contributed by atoms with E-state index in [-0.39, 0.29) is 12.5 Å². The SMILES string of the molecule is CC1CC(NCCCCC(F)(F)F)CCO1. The zero-order chi connectivity index (χ0) is 12.0. The lowest BCUT2D eigenvalue weighted by Crippen LogP contribution is -2.38. The first-order chi connectivity index (χ1) is 7.47. The van der Waals surface area contributed by atoms with Gasteiger partial charge in [-0.05, 0) is 39.2 Å². The summed E-state index contributed by atoms with van der Waals surface area (Å²) in [5.74, 6) is 0. The zero-order valence-corrected chi connectivity index (χ0v) is 9.65. The molecule has 5 heteroatoms. The summed E-state index contributed by atoms with van der Waals surface area (Å²) in [6, 6.07) is 0.412. The summed E-state index contributed by atoms with van der Waals surface area (Å²) in [7, 11) is 0. The molecule has 0 amide bonds. The molecule has 0 spiro atoms. The molecule has 2 nitrogen and oxygen atoms in total. The maximum Gasteiger partial charge on any atom is 0.389 e. The minimum atomic E-state index is -4.01. The molecule has 1 N–H and O–H groups in total. The highest BCUT2D eigenvalue weighted by molar-refractivity contribution is 4.74. The van der Waals surface area contributed by atoms with Gasteiger partial charge in [0.25, 0.3) is 0 Å². The van der Waals surface area contributed by atoms with Crippen molar-refractivity contribution in [1.82, 2.24) is 5.32 Å². The fraction of sp³-hybridized carbons (Fsp3) is 1.00. The Labute approximate surface area is 94.5 Å². The summed E-state index contributed by atoms with van der Waals surface area (Å²) in [5.41, 5.74) is 0. The maximum atomic E-state index is 11.9. The van der Waals surface area contributed by atoms with Crippen LogP contribution in [0.4, 0.5) is 13.2 Å². The molecular formula is C11H20F3NO. The van der Waals surface area contributed by atoms with Crippen LogP contribution in [0, 0.1) is 0 Å². The quantitative estimate of drug-likeness (QED) is 0.745. The topological polar surface area (TPSA) is 21.3 Å². The first kappa shape index (κ1) is 13.8. The lowest BCUT2D eigenvalue weighted by molar-refractivity contribution is -0.135. The summed E-state index contributed by atoms with van der Waals surface area (Å²) >= 11 is 0. The van der Waals surface area contributed by atoms with Crippen molar-refractivity contribution in [3.05, 3.63) is 0 Å². The van der Waals surface area contributed by atoms with Crippen molar-refractivity contribution in [2.24, 2.45) is 0 Å². The fourth-order valence-electron chi connectivity index (χ4n) is 1.94. The van der Waals surface area contributed by atoms with Crippen molar-refractivity contribution >= 4 is 0 Å². The Balaban J connectivity index is 1.98. The zero-order valence-electron chi connectivity index (χ0n) is 9.65. The molecule has 1 aliphatic rings. The molecule has 16 heavy (non-hydrogen) atoms. The minimum Gasteiger partial charge on any atom is -0.378 e. The predicted octanol–water partition coefficient (Wildman–Crippen LogP) is 2.88. The van der Waals surface area contributed by atoms with Crippen molar-refractivity contribution in [2.45, 2.75) is 57.3 Å². The standard InChI is InChI=1S/C11H20F3NO/c1-9-8-10(4-7-16-9)15-6-3-2-5-11(12,13)14/h9-10,15H,2-8H2,1H3. The molecule has 0 aromatic rings. The largest absolute Gasteiger partial charge is 0.389 e. The second-order valence-electron chi connectivity index (χ2n) is 4.43. The molecule has 0 aliphatic carbocycles. The average molecular weight is 239 g/mol. The third kappa shape index (κ3) is 6.33. The van der Waals surface area contributed by atoms with Crippen LogP contribution in [0.3, 0.4) is 0 Å². The number of unbranched alkanes of at least 4 members (excludes halogenated alkanes) is 1. The fourth-order valence-corrected chi connectivity index (χ4v) is 1.94. The molecule has 0 aromatic carbocycles. The Morgan fingerprint density at radius 2 is 2.06 bits per heavy atom. The van der Waals surface area contributed by atoms with E-state index in [1.54, 1.807) is 0 Å². The third-order valence-electron chi connectivity index (χ3n) is 2.81. The van der Waals surface area contributed by atoms with Gasteiger partial charge in [-0.1, -0.05) is 0 Å². The minimum absolute atomic E-state index is 0.218. The summed E-state index contributed by atoms with van der Waals surface area (Å²) in [5, 5.41) is 3.29. The number of ether oxygens (including phenoxy) is 1. The van der Waals surface area contributed by atoms with Gasteiger partial charge in [0.1, 0.15) is 0 Å². The molecule has 1 aliphatic heterocycles. The van der Waals surface area contributed by atoms with Gasteiger partial charge in [-0.3, -0.25) is 0 Å². The molecule has 2 atom stereocenters. The Morgan fingerprint density at radius 1 is 1.31 bits per heavy atom. The molecule has 96 valence electrons. The monoisotopic (exact) mass is 239 g/mol. The summed E-state index contributed by atoms with van der Waals surface area (Å²) in [4.78, 5) is 0. The van der Waals surface area contributed by atoms with Gasteiger partial charge in [0.15, 0.2) is 0 Å². The van der Waals surface area contributed by atoms with Crippen LogP contribution >= 0.6 is 0 Å². The van der Waals surface area contributed by atoms with Crippen molar-refractivity contribution in [2.75, 3.05) is 13.2 Å². The van der Waals surface area contributed by atoms with E-state index in [0.717, 1.165) is 19.4 Å².